The van der Waals surface area contributed by atoms with Gasteiger partial charge in [0.15, 0.2) is 0 Å². The second-order valence-corrected chi connectivity index (χ2v) is 4.29. The average molecular weight is 258 g/mol. The van der Waals surface area contributed by atoms with Crippen molar-refractivity contribution in [3.63, 3.8) is 0 Å². The molecule has 0 saturated heterocycles. The highest BCUT2D eigenvalue weighted by Crippen LogP contribution is 2.17. The minimum Gasteiger partial charge on any atom is -0.489 e. The zero-order valence-electron chi connectivity index (χ0n) is 10.6. The SMILES string of the molecule is Cc1ccc(OCc2cccc(C(=N)N)c2F)cc1. The lowest BCUT2D eigenvalue weighted by Gasteiger charge is -2.09. The van der Waals surface area contributed by atoms with Gasteiger partial charge in [-0.3, -0.25) is 5.41 Å². The maximum absolute atomic E-state index is 14.0. The predicted molar refractivity (Wildman–Crippen MR) is 72.9 cm³/mol. The van der Waals surface area contributed by atoms with Crippen molar-refractivity contribution in [2.24, 2.45) is 5.73 Å². The summed E-state index contributed by atoms with van der Waals surface area (Å²) in [6.45, 7) is 2.09. The van der Waals surface area contributed by atoms with Crippen molar-refractivity contribution in [3.8, 4) is 5.75 Å². The number of nitrogen functional groups attached to an aromatic ring is 1. The Bertz CT molecular complexity index is 594. The van der Waals surface area contributed by atoms with E-state index in [4.69, 9.17) is 15.9 Å². The van der Waals surface area contributed by atoms with Gasteiger partial charge in [-0.2, -0.15) is 0 Å². The molecule has 0 fully saturated rings. The minimum atomic E-state index is -0.498. The normalized spacial score (nSPS) is 10.2. The molecule has 3 nitrogen and oxygen atoms in total. The van der Waals surface area contributed by atoms with E-state index in [0.29, 0.717) is 11.3 Å². The Kier molecular flexibility index (Phi) is 3.80. The number of halogens is 1. The molecule has 0 unspecified atom stereocenters. The van der Waals surface area contributed by atoms with E-state index in [2.05, 4.69) is 0 Å². The summed E-state index contributed by atoms with van der Waals surface area (Å²) in [4.78, 5) is 0. The number of hydrogen-bond acceptors (Lipinski definition) is 2. The van der Waals surface area contributed by atoms with Gasteiger partial charge in [0.05, 0.1) is 5.56 Å². The van der Waals surface area contributed by atoms with E-state index in [9.17, 15) is 4.39 Å². The van der Waals surface area contributed by atoms with Gasteiger partial charge in [-0.1, -0.05) is 29.8 Å². The molecule has 2 aromatic rings. The lowest BCUT2D eigenvalue weighted by atomic mass is 10.1. The van der Waals surface area contributed by atoms with E-state index >= 15 is 0 Å². The molecule has 2 aromatic carbocycles. The van der Waals surface area contributed by atoms with Crippen molar-refractivity contribution in [3.05, 3.63) is 65.0 Å². The molecule has 98 valence electrons. The van der Waals surface area contributed by atoms with Crippen molar-refractivity contribution in [2.75, 3.05) is 0 Å². The summed E-state index contributed by atoms with van der Waals surface area (Å²) in [5.41, 5.74) is 6.93. The van der Waals surface area contributed by atoms with Crippen molar-refractivity contribution in [1.82, 2.24) is 0 Å². The fourth-order valence-electron chi connectivity index (χ4n) is 1.69. The van der Waals surface area contributed by atoms with Crippen LogP contribution >= 0.6 is 0 Å². The Morgan fingerprint density at radius 1 is 1.21 bits per heavy atom. The van der Waals surface area contributed by atoms with E-state index in [1.807, 2.05) is 31.2 Å². The van der Waals surface area contributed by atoms with Crippen LogP contribution < -0.4 is 10.5 Å². The summed E-state index contributed by atoms with van der Waals surface area (Å²) < 4.78 is 19.5. The summed E-state index contributed by atoms with van der Waals surface area (Å²) in [5.74, 6) is -0.102. The molecule has 0 spiro atoms. The summed E-state index contributed by atoms with van der Waals surface area (Å²) in [6.07, 6.45) is 0. The van der Waals surface area contributed by atoms with Gasteiger partial charge in [-0.05, 0) is 25.1 Å². The molecule has 0 aliphatic rings. The van der Waals surface area contributed by atoms with Gasteiger partial charge in [-0.15, -0.1) is 0 Å². The predicted octanol–water partition coefficient (Wildman–Crippen LogP) is 3.00. The molecule has 0 bridgehead atoms. The van der Waals surface area contributed by atoms with Crippen molar-refractivity contribution in [1.29, 1.82) is 5.41 Å². The monoisotopic (exact) mass is 258 g/mol. The van der Waals surface area contributed by atoms with Crippen LogP contribution in [0.3, 0.4) is 0 Å². The average Bonchev–Trinajstić information content (AvgIpc) is 2.39. The molecule has 4 heteroatoms. The Labute approximate surface area is 111 Å². The largest absolute Gasteiger partial charge is 0.489 e. The highest BCUT2D eigenvalue weighted by molar-refractivity contribution is 5.95. The van der Waals surface area contributed by atoms with Crippen LogP contribution in [-0.2, 0) is 6.61 Å². The van der Waals surface area contributed by atoms with Crippen molar-refractivity contribution >= 4 is 5.84 Å². The first-order valence-electron chi connectivity index (χ1n) is 5.89. The van der Waals surface area contributed by atoms with E-state index in [0.717, 1.165) is 5.56 Å². The number of aryl methyl sites for hydroxylation is 1. The van der Waals surface area contributed by atoms with E-state index < -0.39 is 5.82 Å². The van der Waals surface area contributed by atoms with Crippen LogP contribution in [0.1, 0.15) is 16.7 Å². The Balaban J connectivity index is 2.13. The topological polar surface area (TPSA) is 59.1 Å². The van der Waals surface area contributed by atoms with Gasteiger partial charge in [0.25, 0.3) is 0 Å². The van der Waals surface area contributed by atoms with Gasteiger partial charge in [-0.25, -0.2) is 4.39 Å². The number of benzene rings is 2. The maximum atomic E-state index is 14.0. The maximum Gasteiger partial charge on any atom is 0.140 e. The summed E-state index contributed by atoms with van der Waals surface area (Å²) in [7, 11) is 0. The molecule has 0 heterocycles. The molecular weight excluding hydrogens is 243 g/mol. The standard InChI is InChI=1S/C15H15FN2O/c1-10-5-7-12(8-6-10)19-9-11-3-2-4-13(14(11)16)15(17)18/h2-8H,9H2,1H3,(H3,17,18). The summed E-state index contributed by atoms with van der Waals surface area (Å²) >= 11 is 0. The molecule has 0 aliphatic carbocycles. The van der Waals surface area contributed by atoms with Crippen LogP contribution in [0, 0.1) is 18.2 Å². The van der Waals surface area contributed by atoms with E-state index in [-0.39, 0.29) is 18.0 Å². The first-order valence-corrected chi connectivity index (χ1v) is 5.89. The lowest BCUT2D eigenvalue weighted by molar-refractivity contribution is 0.299. The summed E-state index contributed by atoms with van der Waals surface area (Å²) in [6, 6.07) is 12.3. The number of hydrogen-bond donors (Lipinski definition) is 2. The highest BCUT2D eigenvalue weighted by atomic mass is 19.1. The number of rotatable bonds is 4. The smallest absolute Gasteiger partial charge is 0.140 e. The van der Waals surface area contributed by atoms with Crippen LogP contribution in [0.2, 0.25) is 0 Å². The van der Waals surface area contributed by atoms with Gasteiger partial charge in [0, 0.05) is 5.56 Å². The summed E-state index contributed by atoms with van der Waals surface area (Å²) in [5, 5.41) is 7.29. The molecule has 0 aliphatic heterocycles. The molecule has 0 radical (unpaired) electrons. The Morgan fingerprint density at radius 2 is 1.89 bits per heavy atom. The van der Waals surface area contributed by atoms with Gasteiger partial charge in [0.2, 0.25) is 0 Å². The molecular formula is C15H15FN2O. The van der Waals surface area contributed by atoms with Gasteiger partial charge < -0.3 is 10.5 Å². The number of ether oxygens (including phenoxy) is 1. The highest BCUT2D eigenvalue weighted by Gasteiger charge is 2.10. The third-order valence-electron chi connectivity index (χ3n) is 2.78. The number of amidine groups is 1. The second kappa shape index (κ2) is 5.52. The second-order valence-electron chi connectivity index (χ2n) is 4.29. The van der Waals surface area contributed by atoms with E-state index in [1.165, 1.54) is 6.07 Å². The van der Waals surface area contributed by atoms with Crippen LogP contribution in [0.25, 0.3) is 0 Å². The molecule has 0 atom stereocenters. The fourth-order valence-corrected chi connectivity index (χ4v) is 1.69. The number of nitrogens with one attached hydrogen (secondary N) is 1. The lowest BCUT2D eigenvalue weighted by Crippen LogP contribution is -2.14. The Morgan fingerprint density at radius 3 is 2.53 bits per heavy atom. The van der Waals surface area contributed by atoms with Gasteiger partial charge in [0.1, 0.15) is 24.0 Å². The molecule has 0 aromatic heterocycles. The van der Waals surface area contributed by atoms with Crippen LogP contribution in [0.5, 0.6) is 5.75 Å². The molecule has 19 heavy (non-hydrogen) atoms. The zero-order chi connectivity index (χ0) is 13.8. The molecule has 2 rings (SSSR count). The minimum absolute atomic E-state index is 0.102. The quantitative estimate of drug-likeness (QED) is 0.654. The van der Waals surface area contributed by atoms with Crippen molar-refractivity contribution < 1.29 is 9.13 Å². The van der Waals surface area contributed by atoms with Gasteiger partial charge >= 0.3 is 0 Å². The van der Waals surface area contributed by atoms with Crippen LogP contribution in [0.15, 0.2) is 42.5 Å². The fraction of sp³-hybridized carbons (Fsp3) is 0.133. The van der Waals surface area contributed by atoms with Crippen molar-refractivity contribution in [2.45, 2.75) is 13.5 Å². The zero-order valence-corrected chi connectivity index (χ0v) is 10.6. The first-order chi connectivity index (χ1) is 9.08. The third kappa shape index (κ3) is 3.10. The number of nitrogens with two attached hydrogens (primary N) is 1. The van der Waals surface area contributed by atoms with Crippen LogP contribution in [0.4, 0.5) is 4.39 Å². The third-order valence-corrected chi connectivity index (χ3v) is 2.78. The molecule has 3 N–H and O–H groups in total. The Hall–Kier alpha value is -2.36. The van der Waals surface area contributed by atoms with Crippen LogP contribution in [-0.4, -0.2) is 5.84 Å². The molecule has 0 saturated carbocycles. The molecule has 0 amide bonds. The first kappa shape index (κ1) is 13.1. The van der Waals surface area contributed by atoms with E-state index in [1.54, 1.807) is 12.1 Å².